The van der Waals surface area contributed by atoms with E-state index in [0.29, 0.717) is 17.1 Å². The monoisotopic (exact) mass is 409 g/mol. The van der Waals surface area contributed by atoms with Crippen molar-refractivity contribution in [3.05, 3.63) is 40.5 Å². The Morgan fingerprint density at radius 3 is 2.70 bits per heavy atom. The minimum atomic E-state index is -2.51. The fourth-order valence-corrected chi connectivity index (χ4v) is 4.73. The van der Waals surface area contributed by atoms with E-state index in [4.69, 9.17) is 9.47 Å². The number of imidazole rings is 1. The van der Waals surface area contributed by atoms with Crippen LogP contribution in [0.25, 0.3) is 6.08 Å². The van der Waals surface area contributed by atoms with Gasteiger partial charge in [0.25, 0.3) is 0 Å². The molecule has 2 atom stereocenters. The van der Waals surface area contributed by atoms with Crippen LogP contribution in [0.3, 0.4) is 0 Å². The maximum atomic E-state index is 12.8. The minimum absolute atomic E-state index is 0.0146. The number of fused-ring (bicyclic) bond motifs is 1. The molecule has 0 bridgehead atoms. The van der Waals surface area contributed by atoms with Crippen molar-refractivity contribution in [3.8, 4) is 5.75 Å². The lowest BCUT2D eigenvalue weighted by atomic mass is 10.1. The lowest BCUT2D eigenvalue weighted by Gasteiger charge is -2.14. The number of nitrogens with one attached hydrogen (secondary N) is 1. The van der Waals surface area contributed by atoms with Crippen molar-refractivity contribution < 1.29 is 22.4 Å². The van der Waals surface area contributed by atoms with Gasteiger partial charge in [-0.25, -0.2) is 0 Å². The van der Waals surface area contributed by atoms with E-state index in [0.717, 1.165) is 11.1 Å². The summed E-state index contributed by atoms with van der Waals surface area (Å²) in [5, 5.41) is 0.185. The third kappa shape index (κ3) is 3.65. The van der Waals surface area contributed by atoms with Gasteiger partial charge in [-0.2, -0.15) is 13.4 Å². The molecule has 1 aliphatic carbocycles. The van der Waals surface area contributed by atoms with Gasteiger partial charge in [0.05, 0.1) is 18.5 Å². The van der Waals surface area contributed by atoms with Crippen LogP contribution in [0, 0.1) is 13.8 Å². The van der Waals surface area contributed by atoms with Gasteiger partial charge in [0.15, 0.2) is 5.75 Å². The lowest BCUT2D eigenvalue weighted by Crippen LogP contribution is -2.26. The summed E-state index contributed by atoms with van der Waals surface area (Å²) in [6.45, 7) is 3.75. The minimum Gasteiger partial charge on any atom is -0.609 e. The Bertz CT molecular complexity index is 1040. The third-order valence-corrected chi connectivity index (χ3v) is 6.25. The highest BCUT2D eigenvalue weighted by Crippen LogP contribution is 2.27. The first-order valence-corrected chi connectivity index (χ1v) is 10.4. The molecule has 0 fully saturated rings. The number of nitrogens with zero attached hydrogens (tertiary/aromatic N) is 2. The molecule has 27 heavy (non-hydrogen) atoms. The summed E-state index contributed by atoms with van der Waals surface area (Å²) in [5.74, 6) is 0.834. The summed E-state index contributed by atoms with van der Waals surface area (Å²) in [7, 11) is 0.482. The maximum Gasteiger partial charge on any atom is 0.322 e. The zero-order chi connectivity index (χ0) is 19.7. The molecule has 2 aromatic rings. The second-order valence-electron chi connectivity index (χ2n) is 5.95. The van der Waals surface area contributed by atoms with E-state index in [-0.39, 0.29) is 21.5 Å². The molecule has 0 saturated carbocycles. The van der Waals surface area contributed by atoms with E-state index in [9.17, 15) is 13.0 Å². The molecule has 8 nitrogen and oxygen atoms in total. The summed E-state index contributed by atoms with van der Waals surface area (Å²) in [6, 6.07) is 0. The number of aryl methyl sites for hydroxylation is 1. The van der Waals surface area contributed by atoms with Crippen LogP contribution in [0.15, 0.2) is 17.4 Å². The van der Waals surface area contributed by atoms with Crippen molar-refractivity contribution in [1.29, 1.82) is 0 Å². The highest BCUT2D eigenvalue weighted by atomic mass is 32.2. The van der Waals surface area contributed by atoms with E-state index < -0.39 is 27.6 Å². The average Bonchev–Trinajstić information content (AvgIpc) is 3.07. The highest BCUT2D eigenvalue weighted by molar-refractivity contribution is 7.90. The van der Waals surface area contributed by atoms with Crippen molar-refractivity contribution in [3.63, 3.8) is 0 Å². The predicted octanol–water partition coefficient (Wildman–Crippen LogP) is 1.18. The first-order valence-electron chi connectivity index (χ1n) is 8.02. The maximum absolute atomic E-state index is 12.8. The van der Waals surface area contributed by atoms with Crippen molar-refractivity contribution >= 4 is 32.4 Å². The van der Waals surface area contributed by atoms with Gasteiger partial charge in [-0.3, -0.25) is 9.97 Å². The van der Waals surface area contributed by atoms with Crippen LogP contribution in [-0.2, 0) is 32.0 Å². The van der Waals surface area contributed by atoms with Crippen LogP contribution in [-0.4, -0.2) is 53.1 Å². The van der Waals surface area contributed by atoms with E-state index in [1.54, 1.807) is 25.5 Å². The second-order valence-corrected chi connectivity index (χ2v) is 8.23. The first kappa shape index (κ1) is 19.6. The van der Waals surface area contributed by atoms with E-state index in [1.165, 1.54) is 7.11 Å². The molecule has 0 aliphatic heterocycles. The van der Waals surface area contributed by atoms with Crippen LogP contribution in [0.1, 0.15) is 28.2 Å². The van der Waals surface area contributed by atoms with Crippen molar-refractivity contribution in [1.82, 2.24) is 15.0 Å². The number of hydrogen-bond acceptors (Lipinski definition) is 7. The van der Waals surface area contributed by atoms with Crippen LogP contribution in [0.5, 0.6) is 5.75 Å². The topological polar surface area (TPSA) is 117 Å². The molecule has 0 spiro atoms. The highest BCUT2D eigenvalue weighted by Gasteiger charge is 2.30. The zero-order valence-corrected chi connectivity index (χ0v) is 16.9. The Balaban J connectivity index is 1.94. The molecule has 10 heteroatoms. The number of aromatic amines is 1. The summed E-state index contributed by atoms with van der Waals surface area (Å²) in [5.41, 5.74) is 3.05. The molecule has 0 aromatic carbocycles. The molecule has 144 valence electrons. The number of ether oxygens (including phenoxy) is 2. The average molecular weight is 409 g/mol. The van der Waals surface area contributed by atoms with Gasteiger partial charge in [-0.05, 0) is 26.0 Å². The molecule has 0 unspecified atom stereocenters. The van der Waals surface area contributed by atoms with Gasteiger partial charge in [-0.15, -0.1) is 0 Å². The summed E-state index contributed by atoms with van der Waals surface area (Å²) >= 11 is -1.54. The van der Waals surface area contributed by atoms with Gasteiger partial charge in [0.2, 0.25) is 10.3 Å². The second kappa shape index (κ2) is 7.85. The van der Waals surface area contributed by atoms with Gasteiger partial charge < -0.3 is 14.0 Å². The molecule has 0 radical (unpaired) electrons. The van der Waals surface area contributed by atoms with Crippen molar-refractivity contribution in [2.24, 2.45) is 0 Å². The van der Waals surface area contributed by atoms with Gasteiger partial charge in [-0.1, -0.05) is 0 Å². The summed E-state index contributed by atoms with van der Waals surface area (Å²) < 4.78 is 46.6. The standard InChI is InChI=1S/C17H19N3O5S2/c1-9-7-18-12(10(2)15(9)25-4)8-26(21)17-19-11-5-6-13(24-3)16(27(22)23)14(11)20-17/h5-7,13H,8H2,1-4H3,(H,19,20)/t13-,26+/m1/s1. The molecule has 0 saturated heterocycles. The normalized spacial score (nSPS) is 16.9. The molecule has 2 heterocycles. The Kier molecular flexibility index (Phi) is 5.70. The largest absolute Gasteiger partial charge is 0.609 e. The molecular formula is C17H19N3O5S2. The Hall–Kier alpha value is -2.14. The summed E-state index contributed by atoms with van der Waals surface area (Å²) in [4.78, 5) is 11.6. The van der Waals surface area contributed by atoms with E-state index in [2.05, 4.69) is 15.0 Å². The fourth-order valence-electron chi connectivity index (χ4n) is 2.95. The zero-order valence-electron chi connectivity index (χ0n) is 15.3. The number of methoxy groups -OCH3 is 2. The number of H-pyrrole nitrogens is 1. The first-order chi connectivity index (χ1) is 12.9. The Morgan fingerprint density at radius 1 is 1.33 bits per heavy atom. The number of hydrogen-bond donors (Lipinski definition) is 1. The molecule has 3 rings (SSSR count). The van der Waals surface area contributed by atoms with E-state index >= 15 is 0 Å². The number of aromatic nitrogens is 3. The molecular weight excluding hydrogens is 390 g/mol. The predicted molar refractivity (Wildman–Crippen MR) is 102 cm³/mol. The smallest absolute Gasteiger partial charge is 0.322 e. The SMILES string of the molecule is COc1c(C)cnc(C[S@+]([O-])c2nc3c([nH]2)C=C[C@@H](OC)C3=S(=O)=O)c1C. The Morgan fingerprint density at radius 2 is 2.07 bits per heavy atom. The van der Waals surface area contributed by atoms with Crippen LogP contribution in [0.2, 0.25) is 0 Å². The van der Waals surface area contributed by atoms with Gasteiger partial charge in [0, 0.05) is 35.6 Å². The van der Waals surface area contributed by atoms with Gasteiger partial charge >= 0.3 is 5.16 Å². The number of rotatable bonds is 5. The Labute approximate surface area is 161 Å². The molecule has 1 N–H and O–H groups in total. The van der Waals surface area contributed by atoms with E-state index in [1.807, 2.05) is 13.8 Å². The lowest BCUT2D eigenvalue weighted by molar-refractivity contribution is 0.193. The van der Waals surface area contributed by atoms with Crippen LogP contribution < -0.4 is 4.74 Å². The molecule has 2 aromatic heterocycles. The molecule has 0 amide bonds. The van der Waals surface area contributed by atoms with Crippen LogP contribution in [0.4, 0.5) is 0 Å². The van der Waals surface area contributed by atoms with Crippen molar-refractivity contribution in [2.45, 2.75) is 30.9 Å². The molecule has 1 aliphatic rings. The quantitative estimate of drug-likeness (QED) is 0.582. The number of pyridine rings is 1. The summed E-state index contributed by atoms with van der Waals surface area (Å²) in [6.07, 6.45) is 4.23. The third-order valence-electron chi connectivity index (χ3n) is 4.31. The van der Waals surface area contributed by atoms with Crippen molar-refractivity contribution in [2.75, 3.05) is 14.2 Å². The van der Waals surface area contributed by atoms with Crippen LogP contribution >= 0.6 is 0 Å². The fraction of sp³-hybridized carbons (Fsp3) is 0.353. The van der Waals surface area contributed by atoms with Gasteiger partial charge in [0.1, 0.15) is 22.4 Å².